The van der Waals surface area contributed by atoms with Crippen LogP contribution in [0, 0.1) is 6.92 Å². The van der Waals surface area contributed by atoms with Crippen LogP contribution in [0.4, 0.5) is 0 Å². The van der Waals surface area contributed by atoms with E-state index in [9.17, 15) is 4.79 Å². The number of hydrogen-bond acceptors (Lipinski definition) is 3. The molecule has 1 fully saturated rings. The molecule has 1 atom stereocenters. The molecule has 1 saturated heterocycles. The van der Waals surface area contributed by atoms with Crippen molar-refractivity contribution >= 4 is 16.9 Å². The molecular weight excluding hydrogens is 290 g/mol. The lowest BCUT2D eigenvalue weighted by atomic mass is 10.0. The van der Waals surface area contributed by atoms with E-state index in [1.165, 1.54) is 0 Å². The first-order valence-electron chi connectivity index (χ1n) is 7.95. The van der Waals surface area contributed by atoms with Crippen LogP contribution in [0.2, 0.25) is 0 Å². The molecule has 1 unspecified atom stereocenters. The van der Waals surface area contributed by atoms with E-state index in [2.05, 4.69) is 19.5 Å². The largest absolute Gasteiger partial charge is 0.345 e. The van der Waals surface area contributed by atoms with Crippen LogP contribution in [-0.4, -0.2) is 43.4 Å². The Hall–Kier alpha value is -2.63. The third-order valence-corrected chi connectivity index (χ3v) is 4.62. The number of hydrogen-bond donors (Lipinski definition) is 1. The van der Waals surface area contributed by atoms with Gasteiger partial charge < -0.3 is 14.5 Å². The van der Waals surface area contributed by atoms with Crippen LogP contribution in [0.15, 0.2) is 36.9 Å². The maximum absolute atomic E-state index is 12.9. The van der Waals surface area contributed by atoms with E-state index >= 15 is 0 Å². The molecule has 0 bridgehead atoms. The van der Waals surface area contributed by atoms with Gasteiger partial charge in [-0.3, -0.25) is 4.79 Å². The first-order valence-corrected chi connectivity index (χ1v) is 7.95. The van der Waals surface area contributed by atoms with Crippen LogP contribution in [-0.2, 0) is 0 Å². The molecule has 0 radical (unpaired) electrons. The van der Waals surface area contributed by atoms with Gasteiger partial charge in [0.25, 0.3) is 5.91 Å². The second kappa shape index (κ2) is 5.53. The van der Waals surface area contributed by atoms with Crippen LogP contribution in [0.25, 0.3) is 11.0 Å². The SMILES string of the molecule is Cc1nccn1C1CCCN(C(=O)c2c[nH]c3ncccc23)C1. The van der Waals surface area contributed by atoms with Crippen molar-refractivity contribution in [2.24, 2.45) is 0 Å². The molecule has 1 aliphatic heterocycles. The molecule has 0 spiro atoms. The molecule has 1 aliphatic rings. The summed E-state index contributed by atoms with van der Waals surface area (Å²) in [6.45, 7) is 3.53. The summed E-state index contributed by atoms with van der Waals surface area (Å²) in [4.78, 5) is 26.5. The maximum Gasteiger partial charge on any atom is 0.256 e. The van der Waals surface area contributed by atoms with E-state index in [1.54, 1.807) is 12.4 Å². The number of H-pyrrole nitrogens is 1. The van der Waals surface area contributed by atoms with Gasteiger partial charge in [-0.05, 0) is 31.9 Å². The van der Waals surface area contributed by atoms with Crippen LogP contribution >= 0.6 is 0 Å². The highest BCUT2D eigenvalue weighted by Gasteiger charge is 2.27. The molecule has 118 valence electrons. The Morgan fingerprint density at radius 2 is 2.26 bits per heavy atom. The number of aromatic nitrogens is 4. The van der Waals surface area contributed by atoms with Gasteiger partial charge in [0.05, 0.1) is 11.6 Å². The number of aromatic amines is 1. The Balaban J connectivity index is 1.60. The van der Waals surface area contributed by atoms with Gasteiger partial charge in [-0.2, -0.15) is 0 Å². The van der Waals surface area contributed by atoms with Gasteiger partial charge in [0.1, 0.15) is 11.5 Å². The van der Waals surface area contributed by atoms with Crippen molar-refractivity contribution in [2.45, 2.75) is 25.8 Å². The lowest BCUT2D eigenvalue weighted by Gasteiger charge is -2.33. The van der Waals surface area contributed by atoms with Crippen LogP contribution in [0.3, 0.4) is 0 Å². The van der Waals surface area contributed by atoms with Crippen molar-refractivity contribution in [2.75, 3.05) is 13.1 Å². The predicted molar refractivity (Wildman–Crippen MR) is 87.2 cm³/mol. The highest BCUT2D eigenvalue weighted by molar-refractivity contribution is 6.05. The van der Waals surface area contributed by atoms with Crippen molar-refractivity contribution in [3.8, 4) is 0 Å². The fourth-order valence-corrected chi connectivity index (χ4v) is 3.44. The van der Waals surface area contributed by atoms with E-state index < -0.39 is 0 Å². The number of likely N-dealkylation sites (tertiary alicyclic amines) is 1. The average Bonchev–Trinajstić information content (AvgIpc) is 3.20. The molecule has 23 heavy (non-hydrogen) atoms. The molecule has 0 aliphatic carbocycles. The van der Waals surface area contributed by atoms with E-state index in [1.807, 2.05) is 36.4 Å². The topological polar surface area (TPSA) is 66.8 Å². The fraction of sp³-hybridized carbons (Fsp3) is 0.353. The van der Waals surface area contributed by atoms with Crippen molar-refractivity contribution in [3.63, 3.8) is 0 Å². The number of rotatable bonds is 2. The lowest BCUT2D eigenvalue weighted by molar-refractivity contribution is 0.0680. The van der Waals surface area contributed by atoms with Crippen molar-refractivity contribution < 1.29 is 4.79 Å². The van der Waals surface area contributed by atoms with E-state index in [-0.39, 0.29) is 5.91 Å². The first kappa shape index (κ1) is 14.0. The van der Waals surface area contributed by atoms with Crippen molar-refractivity contribution in [1.29, 1.82) is 0 Å². The van der Waals surface area contributed by atoms with Crippen LogP contribution in [0.1, 0.15) is 35.1 Å². The molecular formula is C17H19N5O. The minimum Gasteiger partial charge on any atom is -0.345 e. The number of fused-ring (bicyclic) bond motifs is 1. The minimum atomic E-state index is 0.0757. The van der Waals surface area contributed by atoms with Crippen LogP contribution in [0.5, 0.6) is 0 Å². The van der Waals surface area contributed by atoms with Gasteiger partial charge in [0.2, 0.25) is 0 Å². The monoisotopic (exact) mass is 309 g/mol. The lowest BCUT2D eigenvalue weighted by Crippen LogP contribution is -2.40. The minimum absolute atomic E-state index is 0.0757. The van der Waals surface area contributed by atoms with Gasteiger partial charge >= 0.3 is 0 Å². The molecule has 3 aromatic heterocycles. The zero-order valence-corrected chi connectivity index (χ0v) is 13.1. The van der Waals surface area contributed by atoms with Crippen molar-refractivity contribution in [3.05, 3.63) is 48.3 Å². The first-order chi connectivity index (χ1) is 11.2. The number of nitrogens with zero attached hydrogens (tertiary/aromatic N) is 4. The average molecular weight is 309 g/mol. The van der Waals surface area contributed by atoms with Gasteiger partial charge in [0, 0.05) is 43.3 Å². The number of pyridine rings is 1. The number of imidazole rings is 1. The molecule has 0 aromatic carbocycles. The maximum atomic E-state index is 12.9. The number of nitrogens with one attached hydrogen (secondary N) is 1. The summed E-state index contributed by atoms with van der Waals surface area (Å²) >= 11 is 0. The van der Waals surface area contributed by atoms with Gasteiger partial charge in [-0.1, -0.05) is 0 Å². The fourth-order valence-electron chi connectivity index (χ4n) is 3.44. The Bertz CT molecular complexity index is 849. The highest BCUT2D eigenvalue weighted by Crippen LogP contribution is 2.25. The van der Waals surface area contributed by atoms with Crippen molar-refractivity contribution in [1.82, 2.24) is 24.4 Å². The Morgan fingerprint density at radius 1 is 1.35 bits per heavy atom. The number of piperidine rings is 1. The third-order valence-electron chi connectivity index (χ3n) is 4.62. The molecule has 3 aromatic rings. The quantitative estimate of drug-likeness (QED) is 0.791. The summed E-state index contributed by atoms with van der Waals surface area (Å²) in [5.74, 6) is 1.08. The zero-order chi connectivity index (χ0) is 15.8. The van der Waals surface area contributed by atoms with Crippen LogP contribution < -0.4 is 0 Å². The number of carbonyl (C=O) groups is 1. The zero-order valence-electron chi connectivity index (χ0n) is 13.1. The molecule has 1 amide bonds. The second-order valence-corrected chi connectivity index (χ2v) is 6.03. The van der Waals surface area contributed by atoms with Gasteiger partial charge in [-0.25, -0.2) is 9.97 Å². The summed E-state index contributed by atoms with van der Waals surface area (Å²) in [5, 5.41) is 0.887. The molecule has 0 saturated carbocycles. The third kappa shape index (κ3) is 2.40. The van der Waals surface area contributed by atoms with Gasteiger partial charge in [-0.15, -0.1) is 0 Å². The standard InChI is InChI=1S/C17H19N5O/c1-12-18-7-9-22(12)13-4-3-8-21(11-13)17(23)15-10-20-16-14(15)5-2-6-19-16/h2,5-7,9-10,13H,3-4,8,11H2,1H3,(H,19,20). The molecule has 4 heterocycles. The molecule has 4 rings (SSSR count). The normalized spacial score (nSPS) is 18.5. The molecule has 1 N–H and O–H groups in total. The smallest absolute Gasteiger partial charge is 0.256 e. The number of amides is 1. The Kier molecular flexibility index (Phi) is 3.37. The Labute approximate surface area is 134 Å². The number of carbonyl (C=O) groups excluding carboxylic acids is 1. The van der Waals surface area contributed by atoms with E-state index in [0.29, 0.717) is 11.6 Å². The predicted octanol–water partition coefficient (Wildman–Crippen LogP) is 2.55. The molecule has 6 nitrogen and oxygen atoms in total. The summed E-state index contributed by atoms with van der Waals surface area (Å²) in [5.41, 5.74) is 1.46. The van der Waals surface area contributed by atoms with E-state index in [4.69, 9.17) is 0 Å². The summed E-state index contributed by atoms with van der Waals surface area (Å²) < 4.78 is 2.18. The Morgan fingerprint density at radius 3 is 3.09 bits per heavy atom. The highest BCUT2D eigenvalue weighted by atomic mass is 16.2. The summed E-state index contributed by atoms with van der Waals surface area (Å²) in [7, 11) is 0. The summed E-state index contributed by atoms with van der Waals surface area (Å²) in [6.07, 6.45) is 9.41. The van der Waals surface area contributed by atoms with E-state index in [0.717, 1.165) is 42.8 Å². The molecule has 6 heteroatoms. The summed E-state index contributed by atoms with van der Waals surface area (Å²) in [6, 6.07) is 4.10. The number of aryl methyl sites for hydroxylation is 1. The second-order valence-electron chi connectivity index (χ2n) is 6.03. The van der Waals surface area contributed by atoms with Gasteiger partial charge in [0.15, 0.2) is 0 Å².